The summed E-state index contributed by atoms with van der Waals surface area (Å²) in [6, 6.07) is 14.9. The maximum atomic E-state index is 4.52. The number of pyridine rings is 1. The summed E-state index contributed by atoms with van der Waals surface area (Å²) in [5.41, 5.74) is 3.85. The third kappa shape index (κ3) is 9.22. The highest BCUT2D eigenvalue weighted by Crippen LogP contribution is 2.23. The molecular weight excluding hydrogens is 326 g/mol. The van der Waals surface area contributed by atoms with Gasteiger partial charge >= 0.3 is 0 Å². The van der Waals surface area contributed by atoms with Crippen LogP contribution < -0.4 is 0 Å². The fourth-order valence-electron chi connectivity index (χ4n) is 3.84. The third-order valence-corrected chi connectivity index (χ3v) is 5.51. The smallest absolute Gasteiger partial charge is 0.0704 e. The first-order valence-corrected chi connectivity index (χ1v) is 11.4. The molecule has 2 aromatic rings. The average molecular weight is 366 g/mol. The lowest BCUT2D eigenvalue weighted by Gasteiger charge is -2.09. The average Bonchev–Trinajstić information content (AvgIpc) is 2.72. The molecule has 148 valence electrons. The van der Waals surface area contributed by atoms with Crippen molar-refractivity contribution < 1.29 is 0 Å². The van der Waals surface area contributed by atoms with Gasteiger partial charge in [-0.2, -0.15) is 0 Å². The highest BCUT2D eigenvalue weighted by atomic mass is 14.7. The predicted molar refractivity (Wildman–Crippen MR) is 119 cm³/mol. The Bertz CT molecular complexity index is 590. The zero-order valence-corrected chi connectivity index (χ0v) is 17.5. The van der Waals surface area contributed by atoms with Crippen LogP contribution in [0.25, 0.3) is 11.3 Å². The van der Waals surface area contributed by atoms with Crippen LogP contribution >= 0.6 is 0 Å². The van der Waals surface area contributed by atoms with Gasteiger partial charge in [-0.15, -0.1) is 0 Å². The summed E-state index contributed by atoms with van der Waals surface area (Å²) in [6.07, 6.45) is 21.4. The molecule has 0 aliphatic heterocycles. The summed E-state index contributed by atoms with van der Waals surface area (Å²) in [4.78, 5) is 4.52. The Morgan fingerprint density at radius 2 is 1.15 bits per heavy atom. The van der Waals surface area contributed by atoms with Crippen molar-refractivity contribution in [2.75, 3.05) is 0 Å². The van der Waals surface area contributed by atoms with Crippen molar-refractivity contribution >= 4 is 0 Å². The molecule has 0 bridgehead atoms. The van der Waals surface area contributed by atoms with Crippen LogP contribution in [0.3, 0.4) is 0 Å². The summed E-state index contributed by atoms with van der Waals surface area (Å²) >= 11 is 0. The van der Waals surface area contributed by atoms with Gasteiger partial charge in [0.1, 0.15) is 0 Å². The molecule has 0 aliphatic carbocycles. The van der Waals surface area contributed by atoms with E-state index in [2.05, 4.69) is 48.3 Å². The molecule has 1 aromatic heterocycles. The van der Waals surface area contributed by atoms with E-state index in [-0.39, 0.29) is 0 Å². The van der Waals surface area contributed by atoms with Crippen molar-refractivity contribution in [1.82, 2.24) is 4.98 Å². The second kappa shape index (κ2) is 14.4. The number of unbranched alkanes of at least 4 members (excludes halogenated alkanes) is 12. The molecule has 1 heteroatoms. The van der Waals surface area contributed by atoms with Gasteiger partial charge in [0.15, 0.2) is 0 Å². The second-order valence-corrected chi connectivity index (χ2v) is 7.86. The number of aryl methyl sites for hydroxylation is 1. The van der Waals surface area contributed by atoms with Crippen molar-refractivity contribution in [3.8, 4) is 11.3 Å². The van der Waals surface area contributed by atoms with Crippen LogP contribution in [0.4, 0.5) is 0 Å². The summed E-state index contributed by atoms with van der Waals surface area (Å²) in [5.74, 6) is 0. The normalized spacial score (nSPS) is 11.0. The maximum Gasteiger partial charge on any atom is 0.0704 e. The van der Waals surface area contributed by atoms with Crippen LogP contribution in [0.2, 0.25) is 0 Å². The summed E-state index contributed by atoms with van der Waals surface area (Å²) in [5, 5.41) is 0. The van der Waals surface area contributed by atoms with Gasteiger partial charge in [0.05, 0.1) is 5.69 Å². The van der Waals surface area contributed by atoms with E-state index in [1.807, 2.05) is 12.3 Å². The molecule has 0 saturated carbocycles. The Morgan fingerprint density at radius 1 is 0.593 bits per heavy atom. The molecule has 0 unspecified atom stereocenters. The van der Waals surface area contributed by atoms with Gasteiger partial charge in [-0.05, 0) is 30.5 Å². The largest absolute Gasteiger partial charge is 0.256 e. The van der Waals surface area contributed by atoms with E-state index in [9.17, 15) is 0 Å². The SMILES string of the molecule is CCCCCCCCCCCCCCCc1ccccc1-c1ccccn1. The Balaban J connectivity index is 1.52. The van der Waals surface area contributed by atoms with Gasteiger partial charge < -0.3 is 0 Å². The minimum absolute atomic E-state index is 1.10. The predicted octanol–water partition coefficient (Wildman–Crippen LogP) is 8.38. The van der Waals surface area contributed by atoms with Gasteiger partial charge in [-0.3, -0.25) is 4.98 Å². The molecule has 0 aliphatic rings. The third-order valence-electron chi connectivity index (χ3n) is 5.51. The van der Waals surface area contributed by atoms with Crippen molar-refractivity contribution in [2.45, 2.75) is 96.8 Å². The monoisotopic (exact) mass is 365 g/mol. The number of nitrogens with zero attached hydrogens (tertiary/aromatic N) is 1. The molecule has 1 heterocycles. The Hall–Kier alpha value is -1.63. The second-order valence-electron chi connectivity index (χ2n) is 7.86. The van der Waals surface area contributed by atoms with Crippen molar-refractivity contribution in [1.29, 1.82) is 0 Å². The quantitative estimate of drug-likeness (QED) is 0.289. The van der Waals surface area contributed by atoms with E-state index in [0.29, 0.717) is 0 Å². The molecule has 0 fully saturated rings. The van der Waals surface area contributed by atoms with Crippen LogP contribution in [0.15, 0.2) is 48.7 Å². The van der Waals surface area contributed by atoms with E-state index < -0.39 is 0 Å². The fourth-order valence-corrected chi connectivity index (χ4v) is 3.84. The fraction of sp³-hybridized carbons (Fsp3) is 0.577. The van der Waals surface area contributed by atoms with Gasteiger partial charge in [0.2, 0.25) is 0 Å². The first-order valence-electron chi connectivity index (χ1n) is 11.4. The molecule has 0 saturated heterocycles. The molecule has 2 rings (SSSR count). The van der Waals surface area contributed by atoms with Crippen LogP contribution in [0.1, 0.15) is 96.0 Å². The zero-order valence-electron chi connectivity index (χ0n) is 17.5. The molecular formula is C26H39N. The Morgan fingerprint density at radius 3 is 1.74 bits per heavy atom. The summed E-state index contributed by atoms with van der Waals surface area (Å²) < 4.78 is 0. The van der Waals surface area contributed by atoms with E-state index >= 15 is 0 Å². The first kappa shape index (κ1) is 21.7. The highest BCUT2D eigenvalue weighted by molar-refractivity contribution is 5.63. The van der Waals surface area contributed by atoms with Crippen LogP contribution in [0.5, 0.6) is 0 Å². The number of rotatable bonds is 15. The topological polar surface area (TPSA) is 12.9 Å². The standard InChI is InChI=1S/C26H39N/c1-2-3-4-5-6-7-8-9-10-11-12-13-14-19-24-20-15-16-21-25(24)26-22-17-18-23-27-26/h15-18,20-23H,2-14,19H2,1H3. The van der Waals surface area contributed by atoms with Crippen LogP contribution in [0, 0.1) is 0 Å². The molecule has 0 amide bonds. The van der Waals surface area contributed by atoms with Gasteiger partial charge in [0, 0.05) is 11.8 Å². The molecule has 0 radical (unpaired) electrons. The Kier molecular flexibility index (Phi) is 11.6. The number of benzene rings is 1. The molecule has 1 aromatic carbocycles. The summed E-state index contributed by atoms with van der Waals surface area (Å²) in [6.45, 7) is 2.29. The lowest BCUT2D eigenvalue weighted by atomic mass is 9.98. The number of hydrogen-bond acceptors (Lipinski definition) is 1. The van der Waals surface area contributed by atoms with Crippen molar-refractivity contribution in [2.24, 2.45) is 0 Å². The van der Waals surface area contributed by atoms with E-state index in [0.717, 1.165) is 5.69 Å². The van der Waals surface area contributed by atoms with E-state index in [4.69, 9.17) is 0 Å². The molecule has 0 atom stereocenters. The lowest BCUT2D eigenvalue weighted by Crippen LogP contribution is -1.92. The highest BCUT2D eigenvalue weighted by Gasteiger charge is 2.05. The van der Waals surface area contributed by atoms with Crippen LogP contribution in [-0.4, -0.2) is 4.98 Å². The van der Waals surface area contributed by atoms with Crippen LogP contribution in [-0.2, 0) is 6.42 Å². The van der Waals surface area contributed by atoms with Gasteiger partial charge in [-0.1, -0.05) is 114 Å². The minimum atomic E-state index is 1.10. The van der Waals surface area contributed by atoms with E-state index in [1.165, 1.54) is 101 Å². The minimum Gasteiger partial charge on any atom is -0.256 e. The van der Waals surface area contributed by atoms with Crippen molar-refractivity contribution in [3.05, 3.63) is 54.2 Å². The molecule has 0 spiro atoms. The zero-order chi connectivity index (χ0) is 19.0. The van der Waals surface area contributed by atoms with Gasteiger partial charge in [0.25, 0.3) is 0 Å². The molecule has 0 N–H and O–H groups in total. The van der Waals surface area contributed by atoms with E-state index in [1.54, 1.807) is 0 Å². The maximum absolute atomic E-state index is 4.52. The number of hydrogen-bond donors (Lipinski definition) is 0. The molecule has 27 heavy (non-hydrogen) atoms. The van der Waals surface area contributed by atoms with Gasteiger partial charge in [-0.25, -0.2) is 0 Å². The number of aromatic nitrogens is 1. The Labute approximate surface area is 167 Å². The first-order chi connectivity index (χ1) is 13.4. The van der Waals surface area contributed by atoms with Crippen molar-refractivity contribution in [3.63, 3.8) is 0 Å². The lowest BCUT2D eigenvalue weighted by molar-refractivity contribution is 0.539. The summed E-state index contributed by atoms with van der Waals surface area (Å²) in [7, 11) is 0. The molecule has 1 nitrogen and oxygen atoms in total.